The molecule has 0 fully saturated rings. The molecule has 1 aliphatic rings. The Balaban J connectivity index is 1.69. The van der Waals surface area contributed by atoms with Gasteiger partial charge in [0.05, 0.1) is 5.41 Å². The summed E-state index contributed by atoms with van der Waals surface area (Å²) in [6.45, 7) is 0. The Labute approximate surface area is 226 Å². The van der Waals surface area contributed by atoms with Crippen molar-refractivity contribution in [1.82, 2.24) is 0 Å². The average molecular weight is 501 g/mol. The van der Waals surface area contributed by atoms with Gasteiger partial charge in [-0.05, 0) is 78.8 Å². The van der Waals surface area contributed by atoms with Gasteiger partial charge in [0.15, 0.2) is 0 Å². The first-order valence-corrected chi connectivity index (χ1v) is 13.2. The number of rotatable bonds is 2. The van der Waals surface area contributed by atoms with Crippen molar-refractivity contribution >= 4 is 32.3 Å². The van der Waals surface area contributed by atoms with E-state index in [0.29, 0.717) is 0 Å². The highest BCUT2D eigenvalue weighted by atomic mass is 16.3. The quantitative estimate of drug-likeness (QED) is 0.249. The summed E-state index contributed by atoms with van der Waals surface area (Å²) in [5.74, 6) is 0.411. The zero-order valence-electron chi connectivity index (χ0n) is 21.1. The second kappa shape index (κ2) is 7.96. The molecule has 0 heterocycles. The van der Waals surface area contributed by atoms with Gasteiger partial charge in [0, 0.05) is 11.1 Å². The van der Waals surface area contributed by atoms with E-state index in [9.17, 15) is 10.2 Å². The van der Waals surface area contributed by atoms with E-state index in [1.165, 1.54) is 0 Å². The number of benzene rings is 7. The van der Waals surface area contributed by atoms with Gasteiger partial charge in [0.25, 0.3) is 0 Å². The van der Waals surface area contributed by atoms with Crippen molar-refractivity contribution in [3.8, 4) is 22.6 Å². The van der Waals surface area contributed by atoms with Crippen molar-refractivity contribution < 1.29 is 10.2 Å². The van der Waals surface area contributed by atoms with E-state index in [4.69, 9.17) is 0 Å². The Hall–Kier alpha value is -5.08. The Morgan fingerprint density at radius 2 is 0.872 bits per heavy atom. The molecule has 184 valence electrons. The minimum Gasteiger partial charge on any atom is -0.508 e. The number of phenolic OH excluding ortho intramolecular Hbond substituents is 2. The lowest BCUT2D eigenvalue weighted by atomic mass is 9.64. The molecule has 0 aromatic heterocycles. The second-order valence-electron chi connectivity index (χ2n) is 10.4. The first-order chi connectivity index (χ1) is 19.2. The van der Waals surface area contributed by atoms with Crippen molar-refractivity contribution in [3.63, 3.8) is 0 Å². The van der Waals surface area contributed by atoms with Crippen LogP contribution in [0.1, 0.15) is 22.3 Å². The predicted molar refractivity (Wildman–Crippen MR) is 160 cm³/mol. The summed E-state index contributed by atoms with van der Waals surface area (Å²) in [5.41, 5.74) is 4.94. The molecule has 0 spiro atoms. The van der Waals surface area contributed by atoms with Crippen LogP contribution in [0.2, 0.25) is 0 Å². The van der Waals surface area contributed by atoms with Crippen molar-refractivity contribution in [1.29, 1.82) is 0 Å². The molecule has 39 heavy (non-hydrogen) atoms. The Kier molecular flexibility index (Phi) is 4.48. The molecule has 0 amide bonds. The van der Waals surface area contributed by atoms with Gasteiger partial charge in [0.2, 0.25) is 0 Å². The zero-order chi connectivity index (χ0) is 26.1. The van der Waals surface area contributed by atoms with Crippen LogP contribution in [0.25, 0.3) is 43.4 Å². The third-order valence-corrected chi connectivity index (χ3v) is 8.48. The van der Waals surface area contributed by atoms with Crippen LogP contribution in [0.4, 0.5) is 0 Å². The van der Waals surface area contributed by atoms with E-state index < -0.39 is 5.41 Å². The molecule has 0 saturated carbocycles. The highest BCUT2D eigenvalue weighted by Gasteiger charge is 2.50. The summed E-state index contributed by atoms with van der Waals surface area (Å²) in [5, 5.41) is 30.0. The van der Waals surface area contributed by atoms with Crippen LogP contribution in [-0.2, 0) is 5.41 Å². The molecule has 0 unspecified atom stereocenters. The van der Waals surface area contributed by atoms with Gasteiger partial charge in [0.1, 0.15) is 11.5 Å². The van der Waals surface area contributed by atoms with Crippen molar-refractivity contribution in [2.24, 2.45) is 0 Å². The fraction of sp³-hybridized carbons (Fsp3) is 0.0270. The zero-order valence-corrected chi connectivity index (χ0v) is 21.1. The number of hydrogen-bond donors (Lipinski definition) is 2. The molecule has 0 aliphatic heterocycles. The summed E-state index contributed by atoms with van der Waals surface area (Å²) in [6.07, 6.45) is 0. The van der Waals surface area contributed by atoms with Gasteiger partial charge in [-0.25, -0.2) is 0 Å². The SMILES string of the molecule is Oc1ccc2ccccc2c1C1(c2c(O)ccc3ccccc23)c2ccccc2-c2cc3ccccc3cc21. The highest BCUT2D eigenvalue weighted by Crippen LogP contribution is 2.62. The molecule has 0 saturated heterocycles. The van der Waals surface area contributed by atoms with E-state index in [0.717, 1.165) is 65.7 Å². The number of aromatic hydroxyl groups is 2. The standard InChI is InChI=1S/C37H24O2/c38-33-19-17-23-9-3-5-13-27(23)35(33)37(36-28-14-6-4-10-24(28)18-20-34(36)39)31-16-8-7-15-29(31)30-21-25-11-1-2-12-26(25)22-32(30)37/h1-22,38-39H. The third kappa shape index (κ3) is 2.86. The van der Waals surface area contributed by atoms with Crippen molar-refractivity contribution in [3.05, 3.63) is 156 Å². The van der Waals surface area contributed by atoms with Crippen LogP contribution >= 0.6 is 0 Å². The van der Waals surface area contributed by atoms with Crippen LogP contribution in [0.5, 0.6) is 11.5 Å². The lowest BCUT2D eigenvalue weighted by Gasteiger charge is -2.36. The van der Waals surface area contributed by atoms with Crippen molar-refractivity contribution in [2.45, 2.75) is 5.41 Å². The average Bonchev–Trinajstić information content (AvgIpc) is 3.25. The first kappa shape index (κ1) is 22.0. The summed E-state index contributed by atoms with van der Waals surface area (Å²) in [6, 6.07) is 45.3. The van der Waals surface area contributed by atoms with Crippen LogP contribution in [-0.4, -0.2) is 10.2 Å². The highest BCUT2D eigenvalue weighted by molar-refractivity contribution is 6.03. The molecule has 2 N–H and O–H groups in total. The van der Waals surface area contributed by atoms with Gasteiger partial charge in [-0.1, -0.05) is 109 Å². The largest absolute Gasteiger partial charge is 0.508 e. The van der Waals surface area contributed by atoms with Crippen LogP contribution in [0.3, 0.4) is 0 Å². The molecular formula is C37H24O2. The lowest BCUT2D eigenvalue weighted by Crippen LogP contribution is -2.29. The molecule has 0 atom stereocenters. The predicted octanol–water partition coefficient (Wildman–Crippen LogP) is 8.92. The van der Waals surface area contributed by atoms with Gasteiger partial charge in [-0.2, -0.15) is 0 Å². The maximum absolute atomic E-state index is 11.8. The molecule has 0 bridgehead atoms. The second-order valence-corrected chi connectivity index (χ2v) is 10.4. The van der Waals surface area contributed by atoms with E-state index >= 15 is 0 Å². The third-order valence-electron chi connectivity index (χ3n) is 8.48. The molecule has 1 aliphatic carbocycles. The summed E-state index contributed by atoms with van der Waals surface area (Å²) >= 11 is 0. The molecule has 2 heteroatoms. The lowest BCUT2D eigenvalue weighted by molar-refractivity contribution is 0.451. The van der Waals surface area contributed by atoms with Gasteiger partial charge in [-0.15, -0.1) is 0 Å². The Morgan fingerprint density at radius 1 is 0.385 bits per heavy atom. The molecule has 0 radical (unpaired) electrons. The maximum Gasteiger partial charge on any atom is 0.121 e. The minimum absolute atomic E-state index is 0.205. The number of fused-ring (bicyclic) bond motifs is 6. The summed E-state index contributed by atoms with van der Waals surface area (Å²) in [4.78, 5) is 0. The number of phenols is 2. The smallest absolute Gasteiger partial charge is 0.121 e. The maximum atomic E-state index is 11.8. The summed E-state index contributed by atoms with van der Waals surface area (Å²) < 4.78 is 0. The molecular weight excluding hydrogens is 476 g/mol. The molecule has 7 aromatic rings. The van der Waals surface area contributed by atoms with Gasteiger partial charge in [-0.3, -0.25) is 0 Å². The topological polar surface area (TPSA) is 40.5 Å². The van der Waals surface area contributed by atoms with Crippen LogP contribution in [0, 0.1) is 0 Å². The van der Waals surface area contributed by atoms with Crippen LogP contribution in [0.15, 0.2) is 133 Å². The first-order valence-electron chi connectivity index (χ1n) is 13.2. The minimum atomic E-state index is -0.966. The molecule has 7 aromatic carbocycles. The molecule has 2 nitrogen and oxygen atoms in total. The van der Waals surface area contributed by atoms with E-state index in [-0.39, 0.29) is 11.5 Å². The monoisotopic (exact) mass is 500 g/mol. The normalized spacial score (nSPS) is 13.5. The molecule has 8 rings (SSSR count). The van der Waals surface area contributed by atoms with Crippen LogP contribution < -0.4 is 0 Å². The van der Waals surface area contributed by atoms with Gasteiger partial charge < -0.3 is 10.2 Å². The fourth-order valence-electron chi connectivity index (χ4n) is 6.94. The Morgan fingerprint density at radius 3 is 1.49 bits per heavy atom. The fourth-order valence-corrected chi connectivity index (χ4v) is 6.94. The summed E-state index contributed by atoms with van der Waals surface area (Å²) in [7, 11) is 0. The van der Waals surface area contributed by atoms with E-state index in [2.05, 4.69) is 84.9 Å². The Bertz CT molecular complexity index is 2020. The van der Waals surface area contributed by atoms with Gasteiger partial charge >= 0.3 is 0 Å². The van der Waals surface area contributed by atoms with E-state index in [1.54, 1.807) is 12.1 Å². The van der Waals surface area contributed by atoms with Crippen molar-refractivity contribution in [2.75, 3.05) is 0 Å². The van der Waals surface area contributed by atoms with E-state index in [1.807, 2.05) is 36.4 Å². The number of hydrogen-bond acceptors (Lipinski definition) is 2.